The van der Waals surface area contributed by atoms with E-state index in [1.807, 2.05) is 12.3 Å². The molecule has 0 spiro atoms. The van der Waals surface area contributed by atoms with Crippen LogP contribution in [0.15, 0.2) is 48.1 Å². The summed E-state index contributed by atoms with van der Waals surface area (Å²) in [5, 5.41) is 17.8. The maximum atomic E-state index is 13.9. The van der Waals surface area contributed by atoms with Crippen LogP contribution in [0.4, 0.5) is 8.78 Å². The zero-order valence-corrected chi connectivity index (χ0v) is 30.0. The molecule has 2 N–H and O–H groups in total. The summed E-state index contributed by atoms with van der Waals surface area (Å²) in [4.78, 5) is 9.11. The zero-order chi connectivity index (χ0) is 35.5. The molecular formula is C38H54F2N6O3. The van der Waals surface area contributed by atoms with Gasteiger partial charge in [-0.15, -0.1) is 0 Å². The number of pyridine rings is 2. The highest BCUT2D eigenvalue weighted by Gasteiger charge is 2.29. The fourth-order valence-corrected chi connectivity index (χ4v) is 6.62. The molecule has 268 valence electrons. The highest BCUT2D eigenvalue weighted by molar-refractivity contribution is 5.70. The third-order valence-electron chi connectivity index (χ3n) is 9.79. The summed E-state index contributed by atoms with van der Waals surface area (Å²) in [6.07, 6.45) is 15.5. The molecule has 1 aliphatic carbocycles. The molecule has 4 heterocycles. The van der Waals surface area contributed by atoms with Crippen LogP contribution in [0, 0.1) is 18.3 Å². The Hall–Kier alpha value is -3.88. The Kier molecular flexibility index (Phi) is 14.1. The Bertz CT molecular complexity index is 1540. The predicted octanol–water partition coefficient (Wildman–Crippen LogP) is 6.99. The fraction of sp³-hybridized carbons (Fsp3) is 0.579. The number of unbranched alkanes of at least 4 members (excludes halogenated alkanes) is 1. The topological polar surface area (TPSA) is 87.4 Å². The molecule has 1 saturated carbocycles. The number of aliphatic hydroxyl groups excluding tert-OH is 1. The normalized spacial score (nSPS) is 21.4. The molecule has 3 atom stereocenters. The SMILES string of the molecule is C#CNC1CCC(N2CC/C(=C(\C)C(C)c3cc(OC(CO)c4ccc(F)cn4)c4c(OC(C)F)cnn4c3)N(C)CC2)CC1.CCCC. The molecule has 3 unspecified atom stereocenters. The van der Waals surface area contributed by atoms with E-state index in [2.05, 4.69) is 66.0 Å². The number of rotatable bonds is 11. The second-order valence-electron chi connectivity index (χ2n) is 13.1. The Morgan fingerprint density at radius 1 is 1.08 bits per heavy atom. The summed E-state index contributed by atoms with van der Waals surface area (Å²) in [5.74, 6) is 0.0738. The lowest BCUT2D eigenvalue weighted by atomic mass is 9.90. The predicted molar refractivity (Wildman–Crippen MR) is 190 cm³/mol. The minimum Gasteiger partial charge on any atom is -0.479 e. The smallest absolute Gasteiger partial charge is 0.236 e. The van der Waals surface area contributed by atoms with Gasteiger partial charge in [0.05, 0.1) is 24.7 Å². The van der Waals surface area contributed by atoms with Crippen LogP contribution in [0.1, 0.15) is 103 Å². The van der Waals surface area contributed by atoms with Crippen molar-refractivity contribution in [2.24, 2.45) is 0 Å². The lowest BCUT2D eigenvalue weighted by Crippen LogP contribution is -2.43. The van der Waals surface area contributed by atoms with Gasteiger partial charge in [0, 0.05) is 76.0 Å². The van der Waals surface area contributed by atoms with Crippen LogP contribution in [0.25, 0.3) is 5.52 Å². The molecule has 2 aliphatic rings. The van der Waals surface area contributed by atoms with Crippen LogP contribution in [0.5, 0.6) is 11.5 Å². The lowest BCUT2D eigenvalue weighted by molar-refractivity contribution is 0.0865. The first-order chi connectivity index (χ1) is 23.6. The molecule has 3 aromatic heterocycles. The Balaban J connectivity index is 0.00000128. The molecule has 3 aromatic rings. The van der Waals surface area contributed by atoms with Gasteiger partial charge in [-0.05, 0) is 61.9 Å². The molecule has 1 aliphatic heterocycles. The lowest BCUT2D eigenvalue weighted by Gasteiger charge is -2.36. The first-order valence-corrected chi connectivity index (χ1v) is 17.7. The average molecular weight is 681 g/mol. The van der Waals surface area contributed by atoms with Gasteiger partial charge in [0.2, 0.25) is 6.36 Å². The summed E-state index contributed by atoms with van der Waals surface area (Å²) >= 11 is 0. The molecule has 2 fully saturated rings. The van der Waals surface area contributed by atoms with E-state index >= 15 is 0 Å². The number of aliphatic hydroxyl groups is 1. The molecule has 0 radical (unpaired) electrons. The van der Waals surface area contributed by atoms with Crippen LogP contribution >= 0.6 is 0 Å². The van der Waals surface area contributed by atoms with Gasteiger partial charge in [-0.3, -0.25) is 9.88 Å². The number of aromatic nitrogens is 3. The standard InChI is InChI=1S/C34H44F2N6O3.C4H10/c1-6-37-27-8-10-28(11-9-27)41-14-13-30(40(5)15-16-41)23(3)22(2)25-17-31(34-32(44-24(4)35)19-39-42(34)20-25)45-33(21-43)29-12-7-26(36)18-38-29;1-3-4-2/h1,7,12,17-20,22,24,27-28,33,37,43H,8-11,13-16,21H2,2-5H3;3-4H2,1-2H3/b30-23-;. The number of fused-ring (bicyclic) bond motifs is 1. The van der Waals surface area contributed by atoms with E-state index in [-0.39, 0.29) is 11.7 Å². The van der Waals surface area contributed by atoms with Gasteiger partial charge in [-0.1, -0.05) is 40.0 Å². The monoisotopic (exact) mass is 680 g/mol. The first kappa shape index (κ1) is 37.9. The molecule has 0 bridgehead atoms. The van der Waals surface area contributed by atoms with Crippen LogP contribution in [0.3, 0.4) is 0 Å². The van der Waals surface area contributed by atoms with E-state index in [9.17, 15) is 13.9 Å². The van der Waals surface area contributed by atoms with Gasteiger partial charge in [-0.2, -0.15) is 5.10 Å². The zero-order valence-electron chi connectivity index (χ0n) is 30.0. The fourth-order valence-electron chi connectivity index (χ4n) is 6.62. The van der Waals surface area contributed by atoms with Crippen LogP contribution in [0.2, 0.25) is 0 Å². The van der Waals surface area contributed by atoms with Crippen molar-refractivity contribution in [3.63, 3.8) is 0 Å². The van der Waals surface area contributed by atoms with Crippen molar-refractivity contribution >= 4 is 5.52 Å². The summed E-state index contributed by atoms with van der Waals surface area (Å²) in [5.41, 5.74) is 4.28. The Labute approximate surface area is 290 Å². The van der Waals surface area contributed by atoms with E-state index < -0.39 is 24.9 Å². The number of likely N-dealkylation sites (N-methyl/N-ethyl adjacent to an activating group) is 1. The minimum atomic E-state index is -1.57. The van der Waals surface area contributed by atoms with E-state index in [1.54, 1.807) is 4.52 Å². The molecule has 11 heteroatoms. The number of halogens is 2. The van der Waals surface area contributed by atoms with Crippen LogP contribution in [-0.4, -0.2) is 81.2 Å². The van der Waals surface area contributed by atoms with Crippen LogP contribution in [-0.2, 0) is 0 Å². The highest BCUT2D eigenvalue weighted by atomic mass is 19.1. The second kappa shape index (κ2) is 18.2. The van der Waals surface area contributed by atoms with Crippen molar-refractivity contribution in [3.05, 3.63) is 65.1 Å². The number of ether oxygens (including phenoxy) is 2. The third kappa shape index (κ3) is 9.86. The molecule has 1 saturated heterocycles. The Morgan fingerprint density at radius 2 is 1.82 bits per heavy atom. The third-order valence-corrected chi connectivity index (χ3v) is 9.79. The minimum absolute atomic E-state index is 0.00350. The summed E-state index contributed by atoms with van der Waals surface area (Å²) in [6.45, 7) is 12.5. The van der Waals surface area contributed by atoms with Crippen molar-refractivity contribution in [3.8, 4) is 24.0 Å². The van der Waals surface area contributed by atoms with E-state index in [1.165, 1.54) is 49.4 Å². The highest BCUT2D eigenvalue weighted by Crippen LogP contribution is 2.38. The summed E-state index contributed by atoms with van der Waals surface area (Å²) in [6, 6.07) is 8.21. The number of nitrogens with one attached hydrogen (secondary N) is 1. The molecule has 5 rings (SSSR count). The molecular weight excluding hydrogens is 626 g/mol. The molecule has 0 aromatic carbocycles. The molecule has 0 amide bonds. The van der Waals surface area contributed by atoms with Crippen molar-refractivity contribution < 1.29 is 23.4 Å². The summed E-state index contributed by atoms with van der Waals surface area (Å²) < 4.78 is 40.8. The average Bonchev–Trinajstić information content (AvgIpc) is 3.40. The molecule has 9 nitrogen and oxygen atoms in total. The van der Waals surface area contributed by atoms with Crippen LogP contribution < -0.4 is 14.8 Å². The van der Waals surface area contributed by atoms with Crippen molar-refractivity contribution in [1.29, 1.82) is 0 Å². The van der Waals surface area contributed by atoms with Gasteiger partial charge >= 0.3 is 0 Å². The number of hydrogen-bond donors (Lipinski definition) is 2. The van der Waals surface area contributed by atoms with E-state index in [0.717, 1.165) is 63.5 Å². The quantitative estimate of drug-likeness (QED) is 0.166. The largest absolute Gasteiger partial charge is 0.479 e. The van der Waals surface area contributed by atoms with E-state index in [4.69, 9.17) is 15.9 Å². The van der Waals surface area contributed by atoms with Gasteiger partial charge in [-0.25, -0.2) is 13.3 Å². The number of allylic oxidation sites excluding steroid dienone is 1. The summed E-state index contributed by atoms with van der Waals surface area (Å²) in [7, 11) is 2.16. The first-order valence-electron chi connectivity index (χ1n) is 17.7. The Morgan fingerprint density at radius 3 is 2.43 bits per heavy atom. The van der Waals surface area contributed by atoms with Gasteiger partial charge in [0.15, 0.2) is 17.4 Å². The number of terminal acetylenes is 1. The maximum absolute atomic E-state index is 13.9. The van der Waals surface area contributed by atoms with Gasteiger partial charge in [0.25, 0.3) is 0 Å². The molecule has 49 heavy (non-hydrogen) atoms. The van der Waals surface area contributed by atoms with Gasteiger partial charge < -0.3 is 24.8 Å². The number of hydrogen-bond acceptors (Lipinski definition) is 8. The second-order valence-corrected chi connectivity index (χ2v) is 13.1. The van der Waals surface area contributed by atoms with Gasteiger partial charge in [0.1, 0.15) is 11.6 Å². The number of alkyl halides is 1. The van der Waals surface area contributed by atoms with Crippen molar-refractivity contribution in [1.82, 2.24) is 29.7 Å². The maximum Gasteiger partial charge on any atom is 0.236 e. The number of nitrogens with zero attached hydrogens (tertiary/aromatic N) is 5. The van der Waals surface area contributed by atoms with Crippen molar-refractivity contribution in [2.75, 3.05) is 33.3 Å². The van der Waals surface area contributed by atoms with E-state index in [0.29, 0.717) is 29.0 Å². The van der Waals surface area contributed by atoms with Crippen molar-refractivity contribution in [2.45, 2.75) is 110 Å².